The summed E-state index contributed by atoms with van der Waals surface area (Å²) in [4.78, 5) is 15.9. The van der Waals surface area contributed by atoms with Gasteiger partial charge >= 0.3 is 0 Å². The first-order valence-corrected chi connectivity index (χ1v) is 12.7. The lowest BCUT2D eigenvalue weighted by molar-refractivity contribution is 0.355. The van der Waals surface area contributed by atoms with Crippen molar-refractivity contribution >= 4 is 32.5 Å². The molecule has 0 saturated carbocycles. The minimum atomic E-state index is -3.90. The number of aromatic nitrogens is 1. The summed E-state index contributed by atoms with van der Waals surface area (Å²) in [7, 11) is -0.858. The predicted octanol–water partition coefficient (Wildman–Crippen LogP) is 4.63. The number of sulfonamides is 1. The molecule has 0 spiro atoms. The lowest BCUT2D eigenvalue weighted by Crippen LogP contribution is -2.34. The predicted molar refractivity (Wildman–Crippen MR) is 137 cm³/mol. The van der Waals surface area contributed by atoms with Crippen LogP contribution in [0.25, 0.3) is 10.9 Å². The van der Waals surface area contributed by atoms with Crippen LogP contribution in [0.15, 0.2) is 82.5 Å². The molecule has 3 aromatic carbocycles. The lowest BCUT2D eigenvalue weighted by atomic mass is 10.1. The number of nitrogens with zero attached hydrogens (tertiary/aromatic N) is 1. The number of hydrogen-bond acceptors (Lipinski definition) is 5. The van der Waals surface area contributed by atoms with Gasteiger partial charge in [0.2, 0.25) is 10.0 Å². The minimum absolute atomic E-state index is 0.0998. The van der Waals surface area contributed by atoms with Crippen LogP contribution < -0.4 is 15.0 Å². The molecule has 0 saturated heterocycles. The van der Waals surface area contributed by atoms with E-state index < -0.39 is 10.0 Å². The number of pyridine rings is 1. The van der Waals surface area contributed by atoms with Crippen LogP contribution in [0.1, 0.15) is 11.1 Å². The Bertz CT molecular complexity index is 1490. The van der Waals surface area contributed by atoms with Crippen LogP contribution in [-0.2, 0) is 23.0 Å². The van der Waals surface area contributed by atoms with Gasteiger partial charge in [-0.15, -0.1) is 0 Å². The molecule has 9 heteroatoms. The van der Waals surface area contributed by atoms with Crippen LogP contribution in [0, 0.1) is 0 Å². The molecule has 7 nitrogen and oxygen atoms in total. The van der Waals surface area contributed by atoms with Crippen molar-refractivity contribution in [1.82, 2.24) is 9.29 Å². The number of benzene rings is 3. The molecule has 0 unspecified atom stereocenters. The highest BCUT2D eigenvalue weighted by Gasteiger charge is 2.26. The molecule has 0 amide bonds. The topological polar surface area (TPSA) is 88.7 Å². The molecular weight excluding hydrogens is 488 g/mol. The van der Waals surface area contributed by atoms with Crippen molar-refractivity contribution < 1.29 is 17.9 Å². The van der Waals surface area contributed by atoms with Gasteiger partial charge in [0.15, 0.2) is 11.5 Å². The van der Waals surface area contributed by atoms with E-state index in [9.17, 15) is 13.2 Å². The molecule has 4 aromatic rings. The van der Waals surface area contributed by atoms with Crippen molar-refractivity contribution in [2.24, 2.45) is 0 Å². The van der Waals surface area contributed by atoms with Crippen LogP contribution >= 0.6 is 11.6 Å². The number of halogens is 1. The van der Waals surface area contributed by atoms with Crippen molar-refractivity contribution in [3.05, 3.63) is 99.3 Å². The maximum absolute atomic E-state index is 13.6. The summed E-state index contributed by atoms with van der Waals surface area (Å²) in [5.41, 5.74) is 1.50. The molecule has 4 rings (SSSR count). The normalized spacial score (nSPS) is 11.7. The molecule has 0 radical (unpaired) electrons. The van der Waals surface area contributed by atoms with Crippen molar-refractivity contribution in [3.8, 4) is 11.5 Å². The second kappa shape index (κ2) is 10.5. The lowest BCUT2D eigenvalue weighted by Gasteiger charge is -2.22. The third kappa shape index (κ3) is 5.51. The van der Waals surface area contributed by atoms with Crippen LogP contribution in [-0.4, -0.2) is 38.5 Å². The summed E-state index contributed by atoms with van der Waals surface area (Å²) in [6.45, 7) is 0.0931. The molecule has 0 aliphatic carbocycles. The molecule has 0 atom stereocenters. The number of methoxy groups -OCH3 is 2. The largest absolute Gasteiger partial charge is 0.493 e. The number of hydrogen-bond donors (Lipinski definition) is 1. The summed E-state index contributed by atoms with van der Waals surface area (Å²) in [5.74, 6) is 0.992. The number of nitrogens with one attached hydrogen (secondary N) is 1. The van der Waals surface area contributed by atoms with Gasteiger partial charge in [0.1, 0.15) is 0 Å². The van der Waals surface area contributed by atoms with E-state index in [2.05, 4.69) is 4.98 Å². The number of fused-ring (bicyclic) bond motifs is 1. The molecule has 1 aromatic heterocycles. The maximum Gasteiger partial charge on any atom is 0.252 e. The number of H-pyrrole nitrogens is 1. The standard InChI is InChI=1S/C26H25ClN2O5S/c1-33-24-15-19-14-20(26(30)28-23(19)16-25(24)34-2)17-29(13-12-18-6-4-3-5-7-18)35(31,32)22-10-8-21(27)9-11-22/h3-11,14-16H,12-13,17H2,1-2H3,(H,28,30). The monoisotopic (exact) mass is 512 g/mol. The van der Waals surface area contributed by atoms with E-state index in [1.807, 2.05) is 30.3 Å². The molecule has 0 aliphatic rings. The van der Waals surface area contributed by atoms with Crippen LogP contribution in [0.2, 0.25) is 5.02 Å². The van der Waals surface area contributed by atoms with E-state index >= 15 is 0 Å². The highest BCUT2D eigenvalue weighted by Crippen LogP contribution is 2.31. The molecule has 0 aliphatic heterocycles. The Hall–Kier alpha value is -3.33. The Labute approximate surface area is 208 Å². The zero-order valence-electron chi connectivity index (χ0n) is 19.3. The first kappa shape index (κ1) is 24.8. The quantitative estimate of drug-likeness (QED) is 0.353. The van der Waals surface area contributed by atoms with Gasteiger partial charge < -0.3 is 14.5 Å². The van der Waals surface area contributed by atoms with Crippen LogP contribution in [0.4, 0.5) is 0 Å². The minimum Gasteiger partial charge on any atom is -0.493 e. The van der Waals surface area contributed by atoms with Gasteiger partial charge in [0, 0.05) is 35.1 Å². The van der Waals surface area contributed by atoms with Gasteiger partial charge in [-0.05, 0) is 48.4 Å². The summed E-state index contributed by atoms with van der Waals surface area (Å²) in [6, 6.07) is 20.7. The Kier molecular flexibility index (Phi) is 7.45. The molecule has 182 valence electrons. The Morgan fingerprint density at radius 1 is 0.914 bits per heavy atom. The fraction of sp³-hybridized carbons (Fsp3) is 0.192. The van der Waals surface area contributed by atoms with Gasteiger partial charge in [-0.1, -0.05) is 41.9 Å². The molecule has 35 heavy (non-hydrogen) atoms. The molecule has 1 heterocycles. The number of ether oxygens (including phenoxy) is 2. The van der Waals surface area contributed by atoms with E-state index in [0.29, 0.717) is 39.4 Å². The highest BCUT2D eigenvalue weighted by molar-refractivity contribution is 7.89. The van der Waals surface area contributed by atoms with Crippen LogP contribution in [0.3, 0.4) is 0 Å². The average molecular weight is 513 g/mol. The van der Waals surface area contributed by atoms with Crippen LogP contribution in [0.5, 0.6) is 11.5 Å². The third-order valence-electron chi connectivity index (χ3n) is 5.72. The Morgan fingerprint density at radius 2 is 1.57 bits per heavy atom. The smallest absolute Gasteiger partial charge is 0.252 e. The first-order chi connectivity index (χ1) is 16.8. The second-order valence-corrected chi connectivity index (χ2v) is 10.3. The van der Waals surface area contributed by atoms with Gasteiger partial charge in [0.05, 0.1) is 24.6 Å². The number of rotatable bonds is 9. The first-order valence-electron chi connectivity index (χ1n) is 10.9. The fourth-order valence-electron chi connectivity index (χ4n) is 3.82. The molecule has 0 fully saturated rings. The van der Waals surface area contributed by atoms with Crippen molar-refractivity contribution in [2.75, 3.05) is 20.8 Å². The molecule has 0 bridgehead atoms. The van der Waals surface area contributed by atoms with E-state index in [4.69, 9.17) is 21.1 Å². The van der Waals surface area contributed by atoms with Gasteiger partial charge in [-0.2, -0.15) is 4.31 Å². The fourth-order valence-corrected chi connectivity index (χ4v) is 5.37. The summed E-state index contributed by atoms with van der Waals surface area (Å²) >= 11 is 5.96. The van der Waals surface area contributed by atoms with E-state index in [1.54, 1.807) is 18.2 Å². The van der Waals surface area contributed by atoms with Gasteiger partial charge in [0.25, 0.3) is 5.56 Å². The van der Waals surface area contributed by atoms with Gasteiger partial charge in [-0.25, -0.2) is 8.42 Å². The van der Waals surface area contributed by atoms with Crippen molar-refractivity contribution in [3.63, 3.8) is 0 Å². The summed E-state index contributed by atoms with van der Waals surface area (Å²) in [5, 5.41) is 1.14. The molecular formula is C26H25ClN2O5S. The summed E-state index contributed by atoms with van der Waals surface area (Å²) in [6.07, 6.45) is 0.490. The van der Waals surface area contributed by atoms with Crippen molar-refractivity contribution in [2.45, 2.75) is 17.9 Å². The second-order valence-electron chi connectivity index (χ2n) is 7.95. The van der Waals surface area contributed by atoms with Gasteiger partial charge in [-0.3, -0.25) is 4.79 Å². The number of aromatic amines is 1. The molecule has 1 N–H and O–H groups in total. The van der Waals surface area contributed by atoms with E-state index in [0.717, 1.165) is 5.56 Å². The Balaban J connectivity index is 1.73. The van der Waals surface area contributed by atoms with E-state index in [1.165, 1.54) is 42.8 Å². The SMILES string of the molecule is COc1cc2cc(CN(CCc3ccccc3)S(=O)(=O)c3ccc(Cl)cc3)c(=O)[nH]c2cc1OC. The van der Waals surface area contributed by atoms with Crippen molar-refractivity contribution in [1.29, 1.82) is 0 Å². The highest BCUT2D eigenvalue weighted by atomic mass is 35.5. The average Bonchev–Trinajstić information content (AvgIpc) is 2.86. The zero-order chi connectivity index (χ0) is 25.0. The third-order valence-corrected chi connectivity index (χ3v) is 7.83. The zero-order valence-corrected chi connectivity index (χ0v) is 20.9. The summed E-state index contributed by atoms with van der Waals surface area (Å²) < 4.78 is 39.1. The maximum atomic E-state index is 13.6. The van der Waals surface area contributed by atoms with E-state index in [-0.39, 0.29) is 23.5 Å². The Morgan fingerprint density at radius 3 is 2.23 bits per heavy atom.